The average molecular weight is 299 g/mol. The van der Waals surface area contributed by atoms with Crippen LogP contribution in [0.25, 0.3) is 0 Å². The van der Waals surface area contributed by atoms with Gasteiger partial charge in [-0.15, -0.1) is 0 Å². The Morgan fingerprint density at radius 1 is 1.27 bits per heavy atom. The summed E-state index contributed by atoms with van der Waals surface area (Å²) in [4.78, 5) is 25.3. The first-order chi connectivity index (χ1) is 10.6. The minimum atomic E-state index is -0.0173. The van der Waals surface area contributed by atoms with Crippen molar-refractivity contribution in [3.8, 4) is 0 Å². The summed E-state index contributed by atoms with van der Waals surface area (Å²) in [5, 5.41) is 4.27. The van der Waals surface area contributed by atoms with Crippen LogP contribution in [-0.2, 0) is 16.0 Å². The summed E-state index contributed by atoms with van der Waals surface area (Å²) in [6.07, 6.45) is 2.72. The van der Waals surface area contributed by atoms with Crippen molar-refractivity contribution in [2.45, 2.75) is 39.5 Å². The van der Waals surface area contributed by atoms with Crippen molar-refractivity contribution in [2.24, 2.45) is 11.0 Å². The van der Waals surface area contributed by atoms with E-state index in [4.69, 9.17) is 0 Å². The molecule has 5 heteroatoms. The molecule has 0 saturated carbocycles. The topological polar surface area (TPSA) is 61.8 Å². The second-order valence-electron chi connectivity index (χ2n) is 5.82. The second kappa shape index (κ2) is 5.91. The summed E-state index contributed by atoms with van der Waals surface area (Å²) in [6.45, 7) is 4.77. The highest BCUT2D eigenvalue weighted by Gasteiger charge is 2.27. The Balaban J connectivity index is 1.97. The van der Waals surface area contributed by atoms with Crippen LogP contribution in [0, 0.1) is 5.92 Å². The normalized spacial score (nSPS) is 21.3. The van der Waals surface area contributed by atoms with Gasteiger partial charge in [-0.05, 0) is 43.0 Å². The van der Waals surface area contributed by atoms with E-state index in [0.29, 0.717) is 19.4 Å². The molecule has 0 aromatic heterocycles. The molecule has 116 valence electrons. The molecular weight excluding hydrogens is 278 g/mol. The third kappa shape index (κ3) is 2.51. The molecule has 0 fully saturated rings. The molecule has 5 nitrogen and oxygen atoms in total. The number of rotatable bonds is 3. The van der Waals surface area contributed by atoms with Gasteiger partial charge in [-0.1, -0.05) is 13.0 Å². The number of hydrogen-bond acceptors (Lipinski definition) is 3. The van der Waals surface area contributed by atoms with Crippen molar-refractivity contribution in [2.75, 3.05) is 11.4 Å². The Kier molecular flexibility index (Phi) is 3.96. The number of hydrazone groups is 1. The van der Waals surface area contributed by atoms with Gasteiger partial charge in [0.1, 0.15) is 0 Å². The highest BCUT2D eigenvalue weighted by molar-refractivity contribution is 6.07. The molecule has 3 rings (SSSR count). The van der Waals surface area contributed by atoms with Crippen molar-refractivity contribution < 1.29 is 9.59 Å². The number of anilines is 1. The molecule has 2 amide bonds. The standard InChI is InChI=1S/C17H21N3O2/c1-3-11-10-15(21)18-19-17(11)13-5-7-14-12(9-13)6-8-16(22)20(14)4-2/h5,7,9,11H,3-4,6,8,10H2,1-2H3,(H,18,21). The van der Waals surface area contributed by atoms with Crippen LogP contribution in [-0.4, -0.2) is 24.1 Å². The Hall–Kier alpha value is -2.17. The summed E-state index contributed by atoms with van der Waals surface area (Å²) in [5.74, 6) is 0.340. The molecule has 1 aromatic carbocycles. The number of benzene rings is 1. The number of carbonyl (C=O) groups is 2. The number of amides is 2. The van der Waals surface area contributed by atoms with E-state index >= 15 is 0 Å². The predicted octanol–water partition coefficient (Wildman–Crippen LogP) is 2.24. The lowest BCUT2D eigenvalue weighted by molar-refractivity contribution is -0.122. The van der Waals surface area contributed by atoms with Gasteiger partial charge >= 0.3 is 0 Å². The molecule has 0 radical (unpaired) electrons. The maximum atomic E-state index is 12.0. The van der Waals surface area contributed by atoms with E-state index in [-0.39, 0.29) is 17.7 Å². The van der Waals surface area contributed by atoms with Crippen molar-refractivity contribution >= 4 is 23.2 Å². The second-order valence-corrected chi connectivity index (χ2v) is 5.82. The Bertz CT molecular complexity index is 651. The highest BCUT2D eigenvalue weighted by Crippen LogP contribution is 2.30. The van der Waals surface area contributed by atoms with Crippen LogP contribution >= 0.6 is 0 Å². The summed E-state index contributed by atoms with van der Waals surface area (Å²) >= 11 is 0. The first-order valence-corrected chi connectivity index (χ1v) is 7.94. The first kappa shape index (κ1) is 14.8. The van der Waals surface area contributed by atoms with Crippen LogP contribution in [0.4, 0.5) is 5.69 Å². The van der Waals surface area contributed by atoms with Crippen molar-refractivity contribution in [1.82, 2.24) is 5.43 Å². The molecule has 0 aliphatic carbocycles. The Morgan fingerprint density at radius 3 is 2.82 bits per heavy atom. The molecule has 2 heterocycles. The molecular formula is C17H21N3O2. The molecule has 1 N–H and O–H groups in total. The average Bonchev–Trinajstić information content (AvgIpc) is 2.54. The zero-order chi connectivity index (χ0) is 15.7. The number of hydrogen-bond donors (Lipinski definition) is 1. The molecule has 0 saturated heterocycles. The van der Waals surface area contributed by atoms with E-state index in [9.17, 15) is 9.59 Å². The van der Waals surface area contributed by atoms with Gasteiger partial charge in [-0.25, -0.2) is 5.43 Å². The van der Waals surface area contributed by atoms with E-state index in [1.54, 1.807) is 0 Å². The van der Waals surface area contributed by atoms with Gasteiger partial charge in [0, 0.05) is 31.0 Å². The van der Waals surface area contributed by atoms with Crippen LogP contribution in [0.5, 0.6) is 0 Å². The maximum absolute atomic E-state index is 12.0. The third-order valence-corrected chi connectivity index (χ3v) is 4.50. The van der Waals surface area contributed by atoms with E-state index in [1.807, 2.05) is 24.0 Å². The van der Waals surface area contributed by atoms with Crippen molar-refractivity contribution in [3.05, 3.63) is 29.3 Å². The summed E-state index contributed by atoms with van der Waals surface area (Å²) in [6, 6.07) is 6.15. The van der Waals surface area contributed by atoms with Crippen molar-refractivity contribution in [3.63, 3.8) is 0 Å². The molecule has 2 aliphatic heterocycles. The minimum absolute atomic E-state index is 0.0173. The zero-order valence-electron chi connectivity index (χ0n) is 13.1. The predicted molar refractivity (Wildman–Crippen MR) is 85.9 cm³/mol. The van der Waals surface area contributed by atoms with E-state index in [1.165, 1.54) is 5.56 Å². The van der Waals surface area contributed by atoms with Crippen LogP contribution in [0.15, 0.2) is 23.3 Å². The summed E-state index contributed by atoms with van der Waals surface area (Å²) < 4.78 is 0. The maximum Gasteiger partial charge on any atom is 0.240 e. The van der Waals surface area contributed by atoms with Gasteiger partial charge in [-0.3, -0.25) is 9.59 Å². The van der Waals surface area contributed by atoms with Gasteiger partial charge in [0.25, 0.3) is 0 Å². The smallest absolute Gasteiger partial charge is 0.240 e. The van der Waals surface area contributed by atoms with Crippen LogP contribution in [0.1, 0.15) is 44.2 Å². The van der Waals surface area contributed by atoms with Gasteiger partial charge < -0.3 is 4.90 Å². The number of nitrogens with one attached hydrogen (secondary N) is 1. The first-order valence-electron chi connectivity index (χ1n) is 7.94. The van der Waals surface area contributed by atoms with Crippen LogP contribution in [0.3, 0.4) is 0 Å². The monoisotopic (exact) mass is 299 g/mol. The number of fused-ring (bicyclic) bond motifs is 1. The lowest BCUT2D eigenvalue weighted by atomic mass is 9.88. The number of nitrogens with zero attached hydrogens (tertiary/aromatic N) is 2. The van der Waals surface area contributed by atoms with Gasteiger partial charge in [0.15, 0.2) is 0 Å². The largest absolute Gasteiger partial charge is 0.312 e. The summed E-state index contributed by atoms with van der Waals surface area (Å²) in [7, 11) is 0. The molecule has 1 atom stereocenters. The van der Waals surface area contributed by atoms with Crippen LogP contribution in [0.2, 0.25) is 0 Å². The fourth-order valence-corrected chi connectivity index (χ4v) is 3.28. The number of carbonyl (C=O) groups excluding carboxylic acids is 2. The molecule has 0 spiro atoms. The molecule has 1 unspecified atom stereocenters. The molecule has 1 aromatic rings. The van der Waals surface area contributed by atoms with Gasteiger partial charge in [0.2, 0.25) is 11.8 Å². The quantitative estimate of drug-likeness (QED) is 0.930. The lowest BCUT2D eigenvalue weighted by Crippen LogP contribution is -2.35. The minimum Gasteiger partial charge on any atom is -0.312 e. The van der Waals surface area contributed by atoms with E-state index < -0.39 is 0 Å². The van der Waals surface area contributed by atoms with Gasteiger partial charge in [-0.2, -0.15) is 5.10 Å². The lowest BCUT2D eigenvalue weighted by Gasteiger charge is -2.29. The Labute approximate surface area is 130 Å². The molecule has 22 heavy (non-hydrogen) atoms. The summed E-state index contributed by atoms with van der Waals surface area (Å²) in [5.41, 5.74) is 6.79. The highest BCUT2D eigenvalue weighted by atomic mass is 16.2. The van der Waals surface area contributed by atoms with Crippen LogP contribution < -0.4 is 10.3 Å². The third-order valence-electron chi connectivity index (χ3n) is 4.50. The Morgan fingerprint density at radius 2 is 2.09 bits per heavy atom. The van der Waals surface area contributed by atoms with Crippen molar-refractivity contribution in [1.29, 1.82) is 0 Å². The van der Waals surface area contributed by atoms with Gasteiger partial charge in [0.05, 0.1) is 5.71 Å². The fourth-order valence-electron chi connectivity index (χ4n) is 3.28. The fraction of sp³-hybridized carbons (Fsp3) is 0.471. The molecule has 0 bridgehead atoms. The SMILES string of the molecule is CCC1CC(=O)NN=C1c1ccc2c(c1)CCC(=O)N2CC. The molecule has 2 aliphatic rings. The van der Waals surface area contributed by atoms with E-state index in [2.05, 4.69) is 23.5 Å². The van der Waals surface area contributed by atoms with E-state index in [0.717, 1.165) is 29.8 Å². The number of aryl methyl sites for hydroxylation is 1. The zero-order valence-corrected chi connectivity index (χ0v) is 13.1.